The van der Waals surface area contributed by atoms with Crippen LogP contribution in [-0.2, 0) is 4.79 Å². The Balaban J connectivity index is 2.63. The molecule has 1 heterocycles. The van der Waals surface area contributed by atoms with E-state index in [0.717, 1.165) is 4.90 Å². The number of guanidine groups is 1. The molecule has 8 heteroatoms. The minimum Gasteiger partial charge on any atom is -0.480 e. The van der Waals surface area contributed by atoms with Gasteiger partial charge in [-0.05, 0) is 25.0 Å². The molecule has 1 atom stereocenters. The van der Waals surface area contributed by atoms with Crippen molar-refractivity contribution in [3.05, 3.63) is 24.2 Å². The molecule has 0 aliphatic rings. The summed E-state index contributed by atoms with van der Waals surface area (Å²) in [7, 11) is 1.42. The van der Waals surface area contributed by atoms with Crippen LogP contribution in [0.1, 0.15) is 23.4 Å². The highest BCUT2D eigenvalue weighted by Crippen LogP contribution is 2.11. The molecule has 0 saturated heterocycles. The highest BCUT2D eigenvalue weighted by Gasteiger charge is 2.27. The summed E-state index contributed by atoms with van der Waals surface area (Å²) in [4.78, 5) is 28.1. The van der Waals surface area contributed by atoms with E-state index in [2.05, 4.69) is 4.99 Å². The second kappa shape index (κ2) is 7.17. The standard InChI is InChI=1S/C12H18N4O4/c1-16(10(17)9-5-3-7-20-9)8(11(18)19)4-2-6-15-12(13)14/h3,5,7-8H,2,4,6H2,1H3,(H,18,19)(H4,13,14,15). The second-order valence-electron chi connectivity index (χ2n) is 4.20. The monoisotopic (exact) mass is 282 g/mol. The molecule has 0 aromatic carbocycles. The molecule has 0 radical (unpaired) electrons. The van der Waals surface area contributed by atoms with E-state index in [1.54, 1.807) is 6.07 Å². The molecule has 0 saturated carbocycles. The zero-order valence-corrected chi connectivity index (χ0v) is 11.2. The summed E-state index contributed by atoms with van der Waals surface area (Å²) in [5.41, 5.74) is 10.4. The van der Waals surface area contributed by atoms with Crippen molar-refractivity contribution in [1.82, 2.24) is 4.90 Å². The lowest BCUT2D eigenvalue weighted by Crippen LogP contribution is -2.42. The van der Waals surface area contributed by atoms with Crippen molar-refractivity contribution < 1.29 is 19.1 Å². The first-order chi connectivity index (χ1) is 9.43. The Labute approximate surface area is 116 Å². The minimum absolute atomic E-state index is 0.0445. The highest BCUT2D eigenvalue weighted by molar-refractivity contribution is 5.94. The van der Waals surface area contributed by atoms with Crippen molar-refractivity contribution in [2.24, 2.45) is 16.5 Å². The average Bonchev–Trinajstić information content (AvgIpc) is 2.90. The SMILES string of the molecule is CN(C(=O)c1ccco1)C(CCCN=C(N)N)C(=O)O. The summed E-state index contributed by atoms with van der Waals surface area (Å²) in [6.07, 6.45) is 2.05. The maximum atomic E-state index is 12.0. The van der Waals surface area contributed by atoms with E-state index in [9.17, 15) is 14.7 Å². The number of carbonyl (C=O) groups excluding carboxylic acids is 1. The van der Waals surface area contributed by atoms with Crippen LogP contribution in [0.5, 0.6) is 0 Å². The first-order valence-corrected chi connectivity index (χ1v) is 6.02. The third-order valence-electron chi connectivity index (χ3n) is 2.73. The van der Waals surface area contributed by atoms with Crippen LogP contribution >= 0.6 is 0 Å². The Bertz CT molecular complexity index is 480. The van der Waals surface area contributed by atoms with Gasteiger partial charge in [0.1, 0.15) is 6.04 Å². The predicted octanol–water partition coefficient (Wildman–Crippen LogP) is -0.142. The van der Waals surface area contributed by atoms with Crippen molar-refractivity contribution in [1.29, 1.82) is 0 Å². The van der Waals surface area contributed by atoms with E-state index in [0.29, 0.717) is 13.0 Å². The molecular weight excluding hydrogens is 264 g/mol. The predicted molar refractivity (Wildman–Crippen MR) is 72.1 cm³/mol. The average molecular weight is 282 g/mol. The van der Waals surface area contributed by atoms with Crippen molar-refractivity contribution in [3.8, 4) is 0 Å². The second-order valence-corrected chi connectivity index (χ2v) is 4.20. The van der Waals surface area contributed by atoms with Crippen LogP contribution in [0, 0.1) is 0 Å². The highest BCUT2D eigenvalue weighted by atomic mass is 16.4. The zero-order valence-electron chi connectivity index (χ0n) is 11.2. The van der Waals surface area contributed by atoms with Gasteiger partial charge in [0.25, 0.3) is 5.91 Å². The summed E-state index contributed by atoms with van der Waals surface area (Å²) in [6, 6.07) is 2.09. The van der Waals surface area contributed by atoms with E-state index in [4.69, 9.17) is 15.9 Å². The van der Waals surface area contributed by atoms with Crippen molar-refractivity contribution >= 4 is 17.8 Å². The number of nitrogens with zero attached hydrogens (tertiary/aromatic N) is 2. The quantitative estimate of drug-likeness (QED) is 0.362. The number of hydrogen-bond donors (Lipinski definition) is 3. The van der Waals surface area contributed by atoms with Gasteiger partial charge in [0, 0.05) is 13.6 Å². The molecule has 1 unspecified atom stereocenters. The molecule has 1 amide bonds. The maximum absolute atomic E-state index is 12.0. The molecule has 0 spiro atoms. The molecule has 1 rings (SSSR count). The lowest BCUT2D eigenvalue weighted by atomic mass is 10.1. The van der Waals surface area contributed by atoms with Gasteiger partial charge in [-0.15, -0.1) is 0 Å². The number of carboxylic acid groups (broad SMARTS) is 1. The zero-order chi connectivity index (χ0) is 15.1. The number of aliphatic carboxylic acids is 1. The van der Waals surface area contributed by atoms with Gasteiger partial charge in [0.05, 0.1) is 6.26 Å². The van der Waals surface area contributed by atoms with Gasteiger partial charge in [0.15, 0.2) is 11.7 Å². The number of rotatable bonds is 7. The normalized spacial score (nSPS) is 11.7. The molecule has 0 fully saturated rings. The Morgan fingerprint density at radius 3 is 2.70 bits per heavy atom. The van der Waals surface area contributed by atoms with Crippen LogP contribution in [0.25, 0.3) is 0 Å². The first-order valence-electron chi connectivity index (χ1n) is 6.02. The van der Waals surface area contributed by atoms with E-state index in [-0.39, 0.29) is 18.1 Å². The number of aliphatic imine (C=N–C) groups is 1. The molecule has 0 aliphatic heterocycles. The lowest BCUT2D eigenvalue weighted by Gasteiger charge is -2.23. The number of nitrogens with two attached hydrogens (primary N) is 2. The summed E-state index contributed by atoms with van der Waals surface area (Å²) in [5, 5.41) is 9.19. The van der Waals surface area contributed by atoms with Crippen molar-refractivity contribution in [2.45, 2.75) is 18.9 Å². The van der Waals surface area contributed by atoms with Gasteiger partial charge in [-0.2, -0.15) is 0 Å². The van der Waals surface area contributed by atoms with Crippen LogP contribution in [0.15, 0.2) is 27.8 Å². The smallest absolute Gasteiger partial charge is 0.326 e. The molecule has 1 aromatic rings. The third-order valence-corrected chi connectivity index (χ3v) is 2.73. The number of likely N-dealkylation sites (N-methyl/N-ethyl adjacent to an activating group) is 1. The van der Waals surface area contributed by atoms with Gasteiger partial charge >= 0.3 is 5.97 Å². The van der Waals surface area contributed by atoms with Gasteiger partial charge in [-0.3, -0.25) is 9.79 Å². The largest absolute Gasteiger partial charge is 0.480 e. The minimum atomic E-state index is -1.09. The molecule has 110 valence electrons. The van der Waals surface area contributed by atoms with Gasteiger partial charge in [-0.25, -0.2) is 4.79 Å². The number of carboxylic acids is 1. The van der Waals surface area contributed by atoms with E-state index < -0.39 is 17.9 Å². The van der Waals surface area contributed by atoms with Crippen molar-refractivity contribution in [2.75, 3.05) is 13.6 Å². The molecule has 0 bridgehead atoms. The van der Waals surface area contributed by atoms with Crippen LogP contribution in [0.4, 0.5) is 0 Å². The number of carbonyl (C=O) groups is 2. The van der Waals surface area contributed by atoms with Gasteiger partial charge in [-0.1, -0.05) is 0 Å². The Morgan fingerprint density at radius 1 is 1.50 bits per heavy atom. The fourth-order valence-corrected chi connectivity index (χ4v) is 1.69. The van der Waals surface area contributed by atoms with E-state index >= 15 is 0 Å². The molecule has 8 nitrogen and oxygen atoms in total. The summed E-state index contributed by atoms with van der Waals surface area (Å²) >= 11 is 0. The van der Waals surface area contributed by atoms with Gasteiger partial charge < -0.3 is 25.9 Å². The van der Waals surface area contributed by atoms with Crippen LogP contribution in [-0.4, -0.2) is 47.5 Å². The lowest BCUT2D eigenvalue weighted by molar-refractivity contribution is -0.142. The molecular formula is C12H18N4O4. The number of amides is 1. The Kier molecular flexibility index (Phi) is 5.57. The molecule has 20 heavy (non-hydrogen) atoms. The fraction of sp³-hybridized carbons (Fsp3) is 0.417. The summed E-state index contributed by atoms with van der Waals surface area (Å²) in [5.74, 6) is -1.51. The Hall–Kier alpha value is -2.51. The van der Waals surface area contributed by atoms with Crippen LogP contribution in [0.2, 0.25) is 0 Å². The molecule has 0 aliphatic carbocycles. The summed E-state index contributed by atoms with van der Waals surface area (Å²) < 4.78 is 4.96. The van der Waals surface area contributed by atoms with Crippen molar-refractivity contribution in [3.63, 3.8) is 0 Å². The summed E-state index contributed by atoms with van der Waals surface area (Å²) in [6.45, 7) is 0.314. The van der Waals surface area contributed by atoms with Crippen LogP contribution < -0.4 is 11.5 Å². The van der Waals surface area contributed by atoms with E-state index in [1.807, 2.05) is 0 Å². The topological polar surface area (TPSA) is 135 Å². The Morgan fingerprint density at radius 2 is 2.20 bits per heavy atom. The third kappa shape index (κ3) is 4.30. The number of furan rings is 1. The molecule has 5 N–H and O–H groups in total. The fourth-order valence-electron chi connectivity index (χ4n) is 1.69. The first kappa shape index (κ1) is 15.5. The maximum Gasteiger partial charge on any atom is 0.326 e. The van der Waals surface area contributed by atoms with Crippen LogP contribution in [0.3, 0.4) is 0 Å². The van der Waals surface area contributed by atoms with Gasteiger partial charge in [0.2, 0.25) is 0 Å². The number of hydrogen-bond acceptors (Lipinski definition) is 4. The van der Waals surface area contributed by atoms with E-state index in [1.165, 1.54) is 19.4 Å². The molecule has 1 aromatic heterocycles.